The second-order valence-corrected chi connectivity index (χ2v) is 4.08. The number of aliphatic hydroxyl groups is 1. The monoisotopic (exact) mass is 248 g/mol. The molecule has 0 fully saturated rings. The van der Waals surface area contributed by atoms with E-state index in [9.17, 15) is 14.7 Å². The van der Waals surface area contributed by atoms with Crippen LogP contribution < -0.4 is 0 Å². The minimum atomic E-state index is -0.832. The van der Waals surface area contributed by atoms with Gasteiger partial charge in [0.05, 0.1) is 0 Å². The summed E-state index contributed by atoms with van der Waals surface area (Å²) < 4.78 is 4.94. The summed E-state index contributed by atoms with van der Waals surface area (Å²) >= 11 is 0. The Kier molecular flexibility index (Phi) is 3.06. The number of cyclic esters (lactones) is 1. The van der Waals surface area contributed by atoms with Gasteiger partial charge < -0.3 is 14.9 Å². The van der Waals surface area contributed by atoms with Crippen LogP contribution in [0.4, 0.5) is 0 Å². The first-order valence-corrected chi connectivity index (χ1v) is 5.42. The zero-order valence-corrected chi connectivity index (χ0v) is 9.71. The van der Waals surface area contributed by atoms with Crippen molar-refractivity contribution in [3.8, 4) is 5.75 Å². The van der Waals surface area contributed by atoms with Crippen molar-refractivity contribution in [2.45, 2.75) is 19.4 Å². The van der Waals surface area contributed by atoms with Gasteiger partial charge in [0, 0.05) is 6.42 Å². The van der Waals surface area contributed by atoms with Gasteiger partial charge in [-0.25, -0.2) is 4.79 Å². The highest BCUT2D eigenvalue weighted by Gasteiger charge is 2.36. The van der Waals surface area contributed by atoms with Gasteiger partial charge in [0.15, 0.2) is 17.6 Å². The third kappa shape index (κ3) is 2.20. The summed E-state index contributed by atoms with van der Waals surface area (Å²) in [6.07, 6.45) is -0.574. The molecule has 2 N–H and O–H groups in total. The summed E-state index contributed by atoms with van der Waals surface area (Å²) in [6.45, 7) is 1.20. The zero-order chi connectivity index (χ0) is 13.3. The lowest BCUT2D eigenvalue weighted by atomic mass is 10.0. The third-order valence-electron chi connectivity index (χ3n) is 2.72. The van der Waals surface area contributed by atoms with Crippen molar-refractivity contribution >= 4 is 11.8 Å². The van der Waals surface area contributed by atoms with Gasteiger partial charge in [-0.3, -0.25) is 4.79 Å². The van der Waals surface area contributed by atoms with E-state index in [0.717, 1.165) is 5.56 Å². The van der Waals surface area contributed by atoms with Gasteiger partial charge in [-0.05, 0) is 24.6 Å². The summed E-state index contributed by atoms with van der Waals surface area (Å²) in [4.78, 5) is 22.5. The summed E-state index contributed by atoms with van der Waals surface area (Å²) in [5, 5.41) is 18.9. The number of hydrogen-bond donors (Lipinski definition) is 2. The van der Waals surface area contributed by atoms with Crippen molar-refractivity contribution in [2.75, 3.05) is 0 Å². The molecule has 0 amide bonds. The Morgan fingerprint density at radius 1 is 1.28 bits per heavy atom. The van der Waals surface area contributed by atoms with Crippen molar-refractivity contribution in [3.63, 3.8) is 0 Å². The highest BCUT2D eigenvalue weighted by molar-refractivity contribution is 6.18. The molecule has 1 aliphatic heterocycles. The first-order valence-electron chi connectivity index (χ1n) is 5.42. The van der Waals surface area contributed by atoms with Crippen molar-refractivity contribution in [1.29, 1.82) is 0 Å². The smallest absolute Gasteiger partial charge is 0.346 e. The van der Waals surface area contributed by atoms with E-state index in [-0.39, 0.29) is 23.5 Å². The van der Waals surface area contributed by atoms with Crippen molar-refractivity contribution in [2.24, 2.45) is 0 Å². The lowest BCUT2D eigenvalue weighted by molar-refractivity contribution is -0.140. The van der Waals surface area contributed by atoms with E-state index in [1.807, 2.05) is 0 Å². The highest BCUT2D eigenvalue weighted by atomic mass is 16.6. The first-order chi connectivity index (χ1) is 8.49. The number of hydrogen-bond acceptors (Lipinski definition) is 5. The highest BCUT2D eigenvalue weighted by Crippen LogP contribution is 2.24. The number of phenols is 1. The van der Waals surface area contributed by atoms with E-state index < -0.39 is 17.9 Å². The molecule has 0 aromatic heterocycles. The van der Waals surface area contributed by atoms with Crippen molar-refractivity contribution in [3.05, 3.63) is 41.2 Å². The van der Waals surface area contributed by atoms with Gasteiger partial charge in [0.1, 0.15) is 11.3 Å². The number of ether oxygens (including phenoxy) is 1. The maximum atomic E-state index is 11.4. The molecule has 5 heteroatoms. The van der Waals surface area contributed by atoms with Crippen molar-refractivity contribution in [1.82, 2.24) is 0 Å². The Morgan fingerprint density at radius 3 is 2.39 bits per heavy atom. The fraction of sp³-hybridized carbons (Fsp3) is 0.231. The second-order valence-electron chi connectivity index (χ2n) is 4.08. The average Bonchev–Trinajstić information content (AvgIpc) is 2.57. The normalized spacial score (nSPS) is 18.9. The third-order valence-corrected chi connectivity index (χ3v) is 2.72. The number of aliphatic hydroxyl groups excluding tert-OH is 1. The molecular formula is C13H12O5. The standard InChI is InChI=1S/C13H12O5/c1-7(14)11-12(16)10(18-13(11)17)6-8-2-4-9(15)5-3-8/h2-5,10,15-16H,6H2,1H3. The topological polar surface area (TPSA) is 83.8 Å². The van der Waals surface area contributed by atoms with E-state index in [0.29, 0.717) is 0 Å². The predicted octanol–water partition coefficient (Wildman–Crippen LogP) is 1.26. The summed E-state index contributed by atoms with van der Waals surface area (Å²) in [6, 6.07) is 6.31. The van der Waals surface area contributed by atoms with E-state index in [1.54, 1.807) is 12.1 Å². The predicted molar refractivity (Wildman–Crippen MR) is 62.0 cm³/mol. The molecule has 1 atom stereocenters. The average molecular weight is 248 g/mol. The molecule has 1 unspecified atom stereocenters. The maximum absolute atomic E-state index is 11.4. The molecule has 0 saturated carbocycles. The van der Waals surface area contributed by atoms with Gasteiger partial charge in [-0.2, -0.15) is 0 Å². The van der Waals surface area contributed by atoms with Crippen LogP contribution in [-0.4, -0.2) is 28.1 Å². The van der Waals surface area contributed by atoms with Crippen LogP contribution in [0.25, 0.3) is 0 Å². The molecule has 2 rings (SSSR count). The number of carbonyl (C=O) groups excluding carboxylic acids is 2. The number of carbonyl (C=O) groups is 2. The molecule has 94 valence electrons. The molecule has 0 saturated heterocycles. The second kappa shape index (κ2) is 4.52. The van der Waals surface area contributed by atoms with Crippen LogP contribution in [0.2, 0.25) is 0 Å². The maximum Gasteiger partial charge on any atom is 0.346 e. The van der Waals surface area contributed by atoms with Gasteiger partial charge in [0.25, 0.3) is 0 Å². The number of rotatable bonds is 3. The Hall–Kier alpha value is -2.30. The molecule has 5 nitrogen and oxygen atoms in total. The van der Waals surface area contributed by atoms with Gasteiger partial charge in [-0.1, -0.05) is 12.1 Å². The van der Waals surface area contributed by atoms with E-state index >= 15 is 0 Å². The number of benzene rings is 1. The van der Waals surface area contributed by atoms with Crippen LogP contribution in [0.5, 0.6) is 5.75 Å². The molecule has 0 bridgehead atoms. The Bertz CT molecular complexity index is 527. The van der Waals surface area contributed by atoms with Crippen molar-refractivity contribution < 1.29 is 24.5 Å². The molecule has 1 heterocycles. The van der Waals surface area contributed by atoms with E-state index in [1.165, 1.54) is 19.1 Å². The minimum absolute atomic E-state index is 0.131. The minimum Gasteiger partial charge on any atom is -0.508 e. The first kappa shape index (κ1) is 12.2. The number of phenolic OH excluding ortho intramolecular Hbond substituents is 1. The fourth-order valence-corrected chi connectivity index (χ4v) is 1.82. The quantitative estimate of drug-likeness (QED) is 0.621. The van der Waals surface area contributed by atoms with Crippen LogP contribution in [0.1, 0.15) is 12.5 Å². The Morgan fingerprint density at radius 2 is 1.89 bits per heavy atom. The SMILES string of the molecule is CC(=O)C1=C(O)C(Cc2ccc(O)cc2)OC1=O. The lowest BCUT2D eigenvalue weighted by Gasteiger charge is -2.10. The van der Waals surface area contributed by atoms with E-state index in [2.05, 4.69) is 0 Å². The Balaban J connectivity index is 2.19. The van der Waals surface area contributed by atoms with Crippen LogP contribution in [0.15, 0.2) is 35.6 Å². The molecule has 1 aliphatic rings. The Labute approximate surface area is 103 Å². The molecule has 1 aromatic rings. The molecule has 0 aliphatic carbocycles. The van der Waals surface area contributed by atoms with Crippen LogP contribution in [0, 0.1) is 0 Å². The summed E-state index contributed by atoms with van der Waals surface area (Å²) in [5.74, 6) is -1.48. The largest absolute Gasteiger partial charge is 0.508 e. The summed E-state index contributed by atoms with van der Waals surface area (Å²) in [7, 11) is 0. The number of esters is 1. The number of Topliss-reactive ketones (excluding diaryl/α,β-unsaturated/α-hetero) is 1. The van der Waals surface area contributed by atoms with Gasteiger partial charge in [-0.15, -0.1) is 0 Å². The molecule has 0 spiro atoms. The van der Waals surface area contributed by atoms with Crippen LogP contribution in [-0.2, 0) is 20.7 Å². The molecule has 1 aromatic carbocycles. The lowest BCUT2D eigenvalue weighted by Crippen LogP contribution is -2.14. The molecule has 0 radical (unpaired) electrons. The molecule has 18 heavy (non-hydrogen) atoms. The van der Waals surface area contributed by atoms with Gasteiger partial charge >= 0.3 is 5.97 Å². The summed E-state index contributed by atoms with van der Waals surface area (Å²) in [5.41, 5.74) is 0.501. The number of aromatic hydroxyl groups is 1. The fourth-order valence-electron chi connectivity index (χ4n) is 1.82. The number of ketones is 1. The van der Waals surface area contributed by atoms with Gasteiger partial charge in [0.2, 0.25) is 0 Å². The van der Waals surface area contributed by atoms with E-state index in [4.69, 9.17) is 9.84 Å². The zero-order valence-electron chi connectivity index (χ0n) is 9.71. The molecular weight excluding hydrogens is 236 g/mol. The van der Waals surface area contributed by atoms with Crippen LogP contribution >= 0.6 is 0 Å². The van der Waals surface area contributed by atoms with Crippen LogP contribution in [0.3, 0.4) is 0 Å².